The lowest BCUT2D eigenvalue weighted by molar-refractivity contribution is 0.551. The topological polar surface area (TPSA) is 87.8 Å². The molecule has 0 saturated carbocycles. The summed E-state index contributed by atoms with van der Waals surface area (Å²) in [7, 11) is -3.69. The van der Waals surface area contributed by atoms with E-state index in [1.807, 2.05) is 4.90 Å². The summed E-state index contributed by atoms with van der Waals surface area (Å²) in [6.07, 6.45) is 15.3. The van der Waals surface area contributed by atoms with Crippen LogP contribution in [0.1, 0.15) is 84.0 Å². The summed E-state index contributed by atoms with van der Waals surface area (Å²) < 4.78 is 22.9. The number of hydrazone groups is 1. The van der Waals surface area contributed by atoms with E-state index in [2.05, 4.69) is 30.1 Å². The molecule has 0 bridgehead atoms. The summed E-state index contributed by atoms with van der Waals surface area (Å²) >= 11 is 4.53. The lowest BCUT2D eigenvalue weighted by Gasteiger charge is -2.24. The molecule has 8 heteroatoms. The van der Waals surface area contributed by atoms with Crippen molar-refractivity contribution in [2.45, 2.75) is 94.4 Å². The van der Waals surface area contributed by atoms with Crippen LogP contribution in [0.15, 0.2) is 34.3 Å². The van der Waals surface area contributed by atoms with Gasteiger partial charge in [-0.2, -0.15) is 5.10 Å². The molecule has 1 atom stereocenters. The third-order valence-corrected chi connectivity index (χ3v) is 6.55. The molecule has 1 heterocycles. The van der Waals surface area contributed by atoms with Gasteiger partial charge in [-0.15, -0.1) is 12.6 Å². The Balaban J connectivity index is 1.68. The van der Waals surface area contributed by atoms with Crippen LogP contribution in [-0.4, -0.2) is 19.8 Å². The Morgan fingerprint density at radius 3 is 2.00 bits per heavy atom. The van der Waals surface area contributed by atoms with E-state index < -0.39 is 10.0 Å². The molecule has 164 valence electrons. The van der Waals surface area contributed by atoms with Crippen molar-refractivity contribution in [1.29, 1.82) is 0 Å². The molecule has 1 aromatic carbocycles. The van der Waals surface area contributed by atoms with Crippen LogP contribution in [-0.2, 0) is 10.0 Å². The maximum absolute atomic E-state index is 11.4. The zero-order valence-electron chi connectivity index (χ0n) is 17.5. The van der Waals surface area contributed by atoms with Crippen LogP contribution in [0.25, 0.3) is 0 Å². The van der Waals surface area contributed by atoms with Crippen LogP contribution in [0.2, 0.25) is 0 Å². The van der Waals surface area contributed by atoms with Gasteiger partial charge in [-0.1, -0.05) is 71.1 Å². The number of primary sulfonamides is 1. The van der Waals surface area contributed by atoms with E-state index in [9.17, 15) is 8.42 Å². The Kier molecular flexibility index (Phi) is 10.3. The number of hydrogen-bond donors (Lipinski definition) is 3. The first-order valence-corrected chi connectivity index (χ1v) is 12.9. The first kappa shape index (κ1) is 24.0. The largest absolute Gasteiger partial charge is 0.297 e. The summed E-state index contributed by atoms with van der Waals surface area (Å²) in [5.41, 5.74) is 3.59. The molecule has 0 radical (unpaired) electrons. The highest BCUT2D eigenvalue weighted by molar-refractivity contribution is 7.89. The summed E-state index contributed by atoms with van der Waals surface area (Å²) in [4.78, 5) is 2.10. The van der Waals surface area contributed by atoms with Crippen LogP contribution in [0.3, 0.4) is 0 Å². The molecule has 1 aromatic rings. The zero-order chi connectivity index (χ0) is 21.1. The second kappa shape index (κ2) is 12.4. The molecule has 2 rings (SSSR count). The second-order valence-electron chi connectivity index (χ2n) is 7.73. The number of nitrogens with one attached hydrogen (secondary N) is 1. The molecular weight excluding hydrogens is 404 g/mol. The summed E-state index contributed by atoms with van der Waals surface area (Å²) in [6, 6.07) is 6.52. The Bertz CT molecular complexity index is 736. The lowest BCUT2D eigenvalue weighted by atomic mass is 10.0. The van der Waals surface area contributed by atoms with E-state index in [1.165, 1.54) is 76.3 Å². The smallest absolute Gasteiger partial charge is 0.238 e. The van der Waals surface area contributed by atoms with Crippen LogP contribution >= 0.6 is 12.6 Å². The predicted octanol–water partition coefficient (Wildman–Crippen LogP) is 4.97. The summed E-state index contributed by atoms with van der Waals surface area (Å²) in [6.45, 7) is 2.26. The van der Waals surface area contributed by atoms with Crippen molar-refractivity contribution in [3.8, 4) is 0 Å². The average Bonchev–Trinajstić information content (AvgIpc) is 3.06. The van der Waals surface area contributed by atoms with Crippen LogP contribution < -0.4 is 15.5 Å². The number of sulfonamides is 1. The van der Waals surface area contributed by atoms with E-state index in [0.717, 1.165) is 24.4 Å². The van der Waals surface area contributed by atoms with Gasteiger partial charge in [0.2, 0.25) is 10.0 Å². The quantitative estimate of drug-likeness (QED) is 0.281. The number of rotatable bonds is 14. The van der Waals surface area contributed by atoms with Gasteiger partial charge in [0.1, 0.15) is 5.84 Å². The van der Waals surface area contributed by atoms with Gasteiger partial charge in [-0.25, -0.2) is 13.6 Å². The van der Waals surface area contributed by atoms with Crippen molar-refractivity contribution in [2.24, 2.45) is 10.2 Å². The molecular formula is C21H36N4O2S2. The number of anilines is 1. The number of nitrogens with two attached hydrogens (primary N) is 1. The number of thiol groups is 1. The fourth-order valence-electron chi connectivity index (χ4n) is 3.60. The predicted molar refractivity (Wildman–Crippen MR) is 125 cm³/mol. The first-order valence-electron chi connectivity index (χ1n) is 10.9. The lowest BCUT2D eigenvalue weighted by Crippen LogP contribution is -2.36. The van der Waals surface area contributed by atoms with E-state index in [1.54, 1.807) is 12.1 Å². The summed E-state index contributed by atoms with van der Waals surface area (Å²) in [5, 5.41) is 9.58. The maximum Gasteiger partial charge on any atom is 0.238 e. The molecule has 0 aromatic heterocycles. The molecule has 3 N–H and O–H groups in total. The van der Waals surface area contributed by atoms with Gasteiger partial charge in [0.15, 0.2) is 5.50 Å². The minimum atomic E-state index is -3.69. The third kappa shape index (κ3) is 8.18. The highest BCUT2D eigenvalue weighted by Crippen LogP contribution is 2.25. The van der Waals surface area contributed by atoms with Gasteiger partial charge in [0, 0.05) is 12.1 Å². The average molecular weight is 441 g/mol. The molecule has 0 aliphatic carbocycles. The highest BCUT2D eigenvalue weighted by Gasteiger charge is 2.26. The number of benzene rings is 1. The fraction of sp³-hybridized carbons (Fsp3) is 0.667. The van der Waals surface area contributed by atoms with Gasteiger partial charge in [-0.3, -0.25) is 10.3 Å². The minimum Gasteiger partial charge on any atom is -0.297 e. The van der Waals surface area contributed by atoms with E-state index in [0.29, 0.717) is 0 Å². The van der Waals surface area contributed by atoms with Crippen LogP contribution in [0.4, 0.5) is 5.69 Å². The molecule has 1 aliphatic heterocycles. The highest BCUT2D eigenvalue weighted by atomic mass is 32.2. The molecule has 0 fully saturated rings. The van der Waals surface area contributed by atoms with Crippen molar-refractivity contribution in [3.05, 3.63) is 24.3 Å². The SMILES string of the molecule is CCCCCCCCCCCCCC1=NNC(S)N1c1ccc(S(N)(=O)=O)cc1. The molecule has 0 spiro atoms. The zero-order valence-corrected chi connectivity index (χ0v) is 19.2. The molecule has 0 amide bonds. The van der Waals surface area contributed by atoms with Crippen LogP contribution in [0.5, 0.6) is 0 Å². The number of hydrogen-bond acceptors (Lipinski definition) is 6. The molecule has 1 unspecified atom stereocenters. The second-order valence-corrected chi connectivity index (χ2v) is 9.78. The molecule has 0 saturated heterocycles. The number of unbranched alkanes of at least 4 members (excludes halogenated alkanes) is 10. The Hall–Kier alpha value is -1.25. The van der Waals surface area contributed by atoms with Crippen molar-refractivity contribution >= 4 is 34.2 Å². The van der Waals surface area contributed by atoms with E-state index in [4.69, 9.17) is 5.14 Å². The Morgan fingerprint density at radius 1 is 0.966 bits per heavy atom. The molecule has 6 nitrogen and oxygen atoms in total. The molecule has 1 aliphatic rings. The van der Waals surface area contributed by atoms with E-state index >= 15 is 0 Å². The maximum atomic E-state index is 11.4. The Labute approximate surface area is 181 Å². The van der Waals surface area contributed by atoms with Gasteiger partial charge in [0.25, 0.3) is 0 Å². The minimum absolute atomic E-state index is 0.105. The van der Waals surface area contributed by atoms with Crippen molar-refractivity contribution in [1.82, 2.24) is 5.43 Å². The summed E-state index contributed by atoms with van der Waals surface area (Å²) in [5.74, 6) is 0.935. The van der Waals surface area contributed by atoms with Crippen molar-refractivity contribution < 1.29 is 8.42 Å². The van der Waals surface area contributed by atoms with Gasteiger partial charge in [-0.05, 0) is 30.7 Å². The first-order chi connectivity index (χ1) is 13.9. The number of amidine groups is 1. The standard InChI is InChI=1S/C21H36N4O2S2/c1-2-3-4-5-6-7-8-9-10-11-12-13-20-23-24-21(28)25(20)18-14-16-19(17-15-18)29(22,26)27/h14-17,21,24,28H,2-13H2,1H3,(H2,22,26,27). The normalized spacial score (nSPS) is 16.7. The van der Waals surface area contributed by atoms with Gasteiger partial charge >= 0.3 is 0 Å². The fourth-order valence-corrected chi connectivity index (χ4v) is 4.44. The monoisotopic (exact) mass is 440 g/mol. The van der Waals surface area contributed by atoms with Crippen molar-refractivity contribution in [2.75, 3.05) is 4.90 Å². The third-order valence-electron chi connectivity index (χ3n) is 5.28. The van der Waals surface area contributed by atoms with Crippen LogP contribution in [0, 0.1) is 0 Å². The van der Waals surface area contributed by atoms with Gasteiger partial charge in [0.05, 0.1) is 4.90 Å². The Morgan fingerprint density at radius 2 is 1.48 bits per heavy atom. The van der Waals surface area contributed by atoms with Gasteiger partial charge < -0.3 is 0 Å². The van der Waals surface area contributed by atoms with E-state index in [-0.39, 0.29) is 10.4 Å². The van der Waals surface area contributed by atoms with Crippen molar-refractivity contribution in [3.63, 3.8) is 0 Å². The molecule has 29 heavy (non-hydrogen) atoms. The number of nitrogens with zero attached hydrogens (tertiary/aromatic N) is 2.